The van der Waals surface area contributed by atoms with E-state index in [0.717, 1.165) is 31.6 Å². The van der Waals surface area contributed by atoms with Gasteiger partial charge in [-0.1, -0.05) is 6.92 Å². The van der Waals surface area contributed by atoms with Crippen LogP contribution in [0.5, 0.6) is 0 Å². The van der Waals surface area contributed by atoms with Crippen LogP contribution in [0.25, 0.3) is 0 Å². The molecule has 0 spiro atoms. The van der Waals surface area contributed by atoms with Gasteiger partial charge in [-0.3, -0.25) is 0 Å². The second-order valence-corrected chi connectivity index (χ2v) is 7.63. The van der Waals surface area contributed by atoms with Crippen LogP contribution in [0.3, 0.4) is 0 Å². The average molecular weight is 311 g/mol. The highest BCUT2D eigenvalue weighted by Crippen LogP contribution is 2.26. The third-order valence-electron chi connectivity index (χ3n) is 4.03. The maximum atomic E-state index is 12.8. The van der Waals surface area contributed by atoms with Crippen LogP contribution < -0.4 is 5.73 Å². The molecular formula is C15H25N3O2S. The van der Waals surface area contributed by atoms with Crippen LogP contribution >= 0.6 is 0 Å². The summed E-state index contributed by atoms with van der Waals surface area (Å²) >= 11 is 0. The van der Waals surface area contributed by atoms with Crippen LogP contribution in [0, 0.1) is 13.8 Å². The Morgan fingerprint density at radius 1 is 1.14 bits per heavy atom. The Balaban J connectivity index is 2.24. The van der Waals surface area contributed by atoms with Gasteiger partial charge >= 0.3 is 0 Å². The number of sulfonamides is 1. The second-order valence-electron chi connectivity index (χ2n) is 5.72. The maximum Gasteiger partial charge on any atom is 0.243 e. The van der Waals surface area contributed by atoms with E-state index >= 15 is 0 Å². The molecule has 0 aromatic heterocycles. The zero-order valence-corrected chi connectivity index (χ0v) is 13.9. The predicted octanol–water partition coefficient (Wildman–Crippen LogP) is 1.60. The molecule has 1 aliphatic rings. The predicted molar refractivity (Wildman–Crippen MR) is 85.8 cm³/mol. The van der Waals surface area contributed by atoms with Crippen LogP contribution in [0.2, 0.25) is 0 Å². The van der Waals surface area contributed by atoms with Crippen molar-refractivity contribution in [2.45, 2.75) is 32.1 Å². The SMILES string of the molecule is CCCN1CCN(S(=O)(=O)c2cc(C)cc(N)c2C)CC1. The van der Waals surface area contributed by atoms with Crippen molar-refractivity contribution >= 4 is 15.7 Å². The van der Waals surface area contributed by atoms with Gasteiger partial charge in [0, 0.05) is 31.9 Å². The average Bonchev–Trinajstić information content (AvgIpc) is 2.43. The molecule has 0 amide bonds. The molecule has 2 N–H and O–H groups in total. The second kappa shape index (κ2) is 6.34. The van der Waals surface area contributed by atoms with Gasteiger partial charge in [0.1, 0.15) is 0 Å². The zero-order valence-electron chi connectivity index (χ0n) is 13.1. The molecule has 1 fully saturated rings. The third-order valence-corrected chi connectivity index (χ3v) is 6.06. The minimum atomic E-state index is -3.45. The van der Waals surface area contributed by atoms with Gasteiger partial charge in [-0.25, -0.2) is 8.42 Å². The van der Waals surface area contributed by atoms with Gasteiger partial charge in [0.2, 0.25) is 10.0 Å². The van der Waals surface area contributed by atoms with E-state index in [1.54, 1.807) is 17.3 Å². The lowest BCUT2D eigenvalue weighted by Gasteiger charge is -2.34. The van der Waals surface area contributed by atoms with Crippen LogP contribution in [0.1, 0.15) is 24.5 Å². The molecule has 0 bridgehead atoms. The van der Waals surface area contributed by atoms with E-state index in [1.165, 1.54) is 0 Å². The molecule has 5 nitrogen and oxygen atoms in total. The summed E-state index contributed by atoms with van der Waals surface area (Å²) in [5.74, 6) is 0. The van der Waals surface area contributed by atoms with Crippen molar-refractivity contribution in [2.24, 2.45) is 0 Å². The molecule has 2 rings (SSSR count). The first kappa shape index (κ1) is 16.3. The van der Waals surface area contributed by atoms with Crippen molar-refractivity contribution < 1.29 is 8.42 Å². The normalized spacial score (nSPS) is 18.0. The number of aryl methyl sites for hydroxylation is 1. The van der Waals surface area contributed by atoms with Gasteiger partial charge in [-0.2, -0.15) is 4.31 Å². The first-order valence-corrected chi connectivity index (χ1v) is 8.89. The van der Waals surface area contributed by atoms with E-state index in [4.69, 9.17) is 5.73 Å². The van der Waals surface area contributed by atoms with Gasteiger partial charge in [-0.15, -0.1) is 0 Å². The number of nitrogens with zero attached hydrogens (tertiary/aromatic N) is 2. The largest absolute Gasteiger partial charge is 0.398 e. The lowest BCUT2D eigenvalue weighted by Crippen LogP contribution is -2.48. The Kier molecular flexibility index (Phi) is 4.91. The van der Waals surface area contributed by atoms with E-state index in [1.807, 2.05) is 13.0 Å². The standard InChI is InChI=1S/C15H25N3O2S/c1-4-5-17-6-8-18(9-7-17)21(19,20)15-11-12(2)10-14(16)13(15)3/h10-11H,4-9,16H2,1-3H3. The molecule has 1 heterocycles. The first-order valence-electron chi connectivity index (χ1n) is 7.45. The Hall–Kier alpha value is -1.11. The quantitative estimate of drug-likeness (QED) is 0.858. The lowest BCUT2D eigenvalue weighted by atomic mass is 10.1. The minimum absolute atomic E-state index is 0.351. The van der Waals surface area contributed by atoms with Crippen molar-refractivity contribution in [1.82, 2.24) is 9.21 Å². The molecule has 0 aliphatic carbocycles. The fraction of sp³-hybridized carbons (Fsp3) is 0.600. The van der Waals surface area contributed by atoms with Crippen LogP contribution in [-0.4, -0.2) is 50.3 Å². The van der Waals surface area contributed by atoms with E-state index in [0.29, 0.717) is 29.2 Å². The lowest BCUT2D eigenvalue weighted by molar-refractivity contribution is 0.188. The van der Waals surface area contributed by atoms with Crippen molar-refractivity contribution in [3.63, 3.8) is 0 Å². The van der Waals surface area contributed by atoms with E-state index in [-0.39, 0.29) is 0 Å². The maximum absolute atomic E-state index is 12.8. The minimum Gasteiger partial charge on any atom is -0.398 e. The number of rotatable bonds is 4. The zero-order chi connectivity index (χ0) is 15.6. The molecule has 118 valence electrons. The molecule has 0 atom stereocenters. The summed E-state index contributed by atoms with van der Waals surface area (Å²) in [7, 11) is -3.45. The summed E-state index contributed by atoms with van der Waals surface area (Å²) in [6, 6.07) is 3.53. The van der Waals surface area contributed by atoms with Crippen LogP contribution in [0.4, 0.5) is 5.69 Å². The number of anilines is 1. The van der Waals surface area contributed by atoms with Gasteiger partial charge in [-0.05, 0) is 50.1 Å². The molecule has 0 unspecified atom stereocenters. The Labute approximate surface area is 127 Å². The summed E-state index contributed by atoms with van der Waals surface area (Å²) in [6.07, 6.45) is 1.10. The Morgan fingerprint density at radius 3 is 2.33 bits per heavy atom. The number of nitrogen functional groups attached to an aromatic ring is 1. The van der Waals surface area contributed by atoms with Crippen LogP contribution in [-0.2, 0) is 10.0 Å². The van der Waals surface area contributed by atoms with Crippen molar-refractivity contribution in [3.8, 4) is 0 Å². The molecule has 0 radical (unpaired) electrons. The monoisotopic (exact) mass is 311 g/mol. The summed E-state index contributed by atoms with van der Waals surface area (Å²) in [6.45, 7) is 9.52. The number of nitrogens with two attached hydrogens (primary N) is 1. The molecule has 1 saturated heterocycles. The van der Waals surface area contributed by atoms with Gasteiger partial charge in [0.25, 0.3) is 0 Å². The smallest absolute Gasteiger partial charge is 0.243 e. The third kappa shape index (κ3) is 3.39. The van der Waals surface area contributed by atoms with Crippen molar-refractivity contribution in [1.29, 1.82) is 0 Å². The molecule has 1 aliphatic heterocycles. The highest BCUT2D eigenvalue weighted by Gasteiger charge is 2.29. The fourth-order valence-electron chi connectivity index (χ4n) is 2.77. The summed E-state index contributed by atoms with van der Waals surface area (Å²) in [5.41, 5.74) is 7.98. The number of benzene rings is 1. The van der Waals surface area contributed by atoms with Crippen LogP contribution in [0.15, 0.2) is 17.0 Å². The van der Waals surface area contributed by atoms with E-state index in [9.17, 15) is 8.42 Å². The highest BCUT2D eigenvalue weighted by atomic mass is 32.2. The Bertz CT molecular complexity index is 606. The first-order chi connectivity index (χ1) is 9.86. The molecule has 21 heavy (non-hydrogen) atoms. The summed E-state index contributed by atoms with van der Waals surface area (Å²) in [4.78, 5) is 2.66. The Morgan fingerprint density at radius 2 is 1.76 bits per heavy atom. The molecule has 1 aromatic rings. The molecule has 6 heteroatoms. The topological polar surface area (TPSA) is 66.6 Å². The number of hydrogen-bond acceptors (Lipinski definition) is 4. The van der Waals surface area contributed by atoms with E-state index in [2.05, 4.69) is 11.8 Å². The fourth-order valence-corrected chi connectivity index (χ4v) is 4.53. The summed E-state index contributed by atoms with van der Waals surface area (Å²) in [5, 5.41) is 0. The number of piperazine rings is 1. The molecular weight excluding hydrogens is 286 g/mol. The number of hydrogen-bond donors (Lipinski definition) is 1. The van der Waals surface area contributed by atoms with Gasteiger partial charge in [0.05, 0.1) is 4.90 Å². The van der Waals surface area contributed by atoms with Gasteiger partial charge < -0.3 is 10.6 Å². The molecule has 0 saturated carbocycles. The highest BCUT2D eigenvalue weighted by molar-refractivity contribution is 7.89. The van der Waals surface area contributed by atoms with Crippen molar-refractivity contribution in [2.75, 3.05) is 38.5 Å². The van der Waals surface area contributed by atoms with Gasteiger partial charge in [0.15, 0.2) is 0 Å². The summed E-state index contributed by atoms with van der Waals surface area (Å²) < 4.78 is 27.2. The molecule has 1 aromatic carbocycles. The van der Waals surface area contributed by atoms with E-state index < -0.39 is 10.0 Å². The van der Waals surface area contributed by atoms with Crippen molar-refractivity contribution in [3.05, 3.63) is 23.3 Å².